The number of nitrogens with one attached hydrogen (secondary N) is 2. The van der Waals surface area contributed by atoms with Crippen LogP contribution in [0.25, 0.3) is 0 Å². The first kappa shape index (κ1) is 23.7. The highest BCUT2D eigenvalue weighted by atomic mass is 32.2. The van der Waals surface area contributed by atoms with Crippen LogP contribution in [0.15, 0.2) is 53.4 Å². The highest BCUT2D eigenvalue weighted by Gasteiger charge is 2.33. The Kier molecular flexibility index (Phi) is 7.81. The number of sulfonamides is 1. The summed E-state index contributed by atoms with van der Waals surface area (Å²) >= 11 is 0. The van der Waals surface area contributed by atoms with Gasteiger partial charge < -0.3 is 15.4 Å². The number of ether oxygens (including phenoxy) is 1. The average Bonchev–Trinajstić information content (AvgIpc) is 2.79. The molecule has 1 fully saturated rings. The molecule has 1 atom stereocenters. The van der Waals surface area contributed by atoms with Crippen LogP contribution >= 0.6 is 0 Å². The fourth-order valence-corrected chi connectivity index (χ4v) is 5.37. The molecule has 172 valence electrons. The lowest BCUT2D eigenvalue weighted by Crippen LogP contribution is -2.45. The molecule has 0 aliphatic carbocycles. The van der Waals surface area contributed by atoms with E-state index in [4.69, 9.17) is 4.74 Å². The Hall–Kier alpha value is -2.98. The second-order valence-corrected chi connectivity index (χ2v) is 9.34. The van der Waals surface area contributed by atoms with E-state index < -0.39 is 27.7 Å². The number of carbonyl (C=O) groups excluding carboxylic acids is 2. The van der Waals surface area contributed by atoms with Gasteiger partial charge >= 0.3 is 11.8 Å². The third kappa shape index (κ3) is 5.83. The summed E-state index contributed by atoms with van der Waals surface area (Å²) in [6.45, 7) is 0.530. The van der Waals surface area contributed by atoms with Crippen LogP contribution in [-0.2, 0) is 19.6 Å². The van der Waals surface area contributed by atoms with Crippen molar-refractivity contribution in [2.75, 3.05) is 25.5 Å². The fraction of sp³-hybridized carbons (Fsp3) is 0.364. The molecule has 1 aliphatic heterocycles. The lowest BCUT2D eigenvalue weighted by molar-refractivity contribution is -0.136. The molecule has 8 nitrogen and oxygen atoms in total. The topological polar surface area (TPSA) is 105 Å². The smallest absolute Gasteiger partial charge is 0.313 e. The summed E-state index contributed by atoms with van der Waals surface area (Å²) in [6.07, 6.45) is 2.68. The summed E-state index contributed by atoms with van der Waals surface area (Å²) < 4.78 is 46.0. The second kappa shape index (κ2) is 10.6. The molecule has 1 aliphatic rings. The first-order valence-electron chi connectivity index (χ1n) is 10.3. The first-order chi connectivity index (χ1) is 15.3. The minimum Gasteiger partial charge on any atom is -0.497 e. The zero-order valence-corrected chi connectivity index (χ0v) is 18.5. The van der Waals surface area contributed by atoms with E-state index >= 15 is 0 Å². The number of benzene rings is 2. The monoisotopic (exact) mass is 463 g/mol. The molecule has 10 heteroatoms. The minimum atomic E-state index is -3.70. The quantitative estimate of drug-likeness (QED) is 0.614. The van der Waals surface area contributed by atoms with Gasteiger partial charge in [0.05, 0.1) is 12.0 Å². The molecular formula is C22H26FN3O5S. The Balaban J connectivity index is 1.57. The zero-order chi connectivity index (χ0) is 23.1. The lowest BCUT2D eigenvalue weighted by Gasteiger charge is -2.34. The SMILES string of the molecule is COc1ccc(S(=O)(=O)N2CCCC[C@H]2CCNC(=O)C(=O)Nc2cccc(F)c2)cc1. The van der Waals surface area contributed by atoms with E-state index in [9.17, 15) is 22.4 Å². The van der Waals surface area contributed by atoms with E-state index in [1.807, 2.05) is 0 Å². The van der Waals surface area contributed by atoms with Crippen molar-refractivity contribution in [3.8, 4) is 5.75 Å². The number of anilines is 1. The summed E-state index contributed by atoms with van der Waals surface area (Å²) in [5.74, 6) is -1.74. The number of piperidine rings is 1. The summed E-state index contributed by atoms with van der Waals surface area (Å²) in [4.78, 5) is 24.3. The van der Waals surface area contributed by atoms with Crippen LogP contribution in [0.2, 0.25) is 0 Å². The summed E-state index contributed by atoms with van der Waals surface area (Å²) in [5, 5.41) is 4.84. The summed E-state index contributed by atoms with van der Waals surface area (Å²) in [5.41, 5.74) is 0.175. The molecule has 0 bridgehead atoms. The molecule has 1 heterocycles. The van der Waals surface area contributed by atoms with E-state index in [-0.39, 0.29) is 23.2 Å². The van der Waals surface area contributed by atoms with Crippen molar-refractivity contribution in [1.29, 1.82) is 0 Å². The molecule has 3 rings (SSSR count). The average molecular weight is 464 g/mol. The van der Waals surface area contributed by atoms with Gasteiger partial charge in [0.25, 0.3) is 0 Å². The number of halogens is 1. The van der Waals surface area contributed by atoms with Crippen LogP contribution in [0.5, 0.6) is 5.75 Å². The van der Waals surface area contributed by atoms with Crippen molar-refractivity contribution in [2.45, 2.75) is 36.6 Å². The highest BCUT2D eigenvalue weighted by Crippen LogP contribution is 2.27. The van der Waals surface area contributed by atoms with Crippen molar-refractivity contribution in [3.63, 3.8) is 0 Å². The molecule has 0 unspecified atom stereocenters. The standard InChI is InChI=1S/C22H26FN3O5S/c1-31-19-8-10-20(11-9-19)32(29,30)26-14-3-2-7-18(26)12-13-24-21(27)22(28)25-17-6-4-5-16(23)15-17/h4-6,8-11,15,18H,2-3,7,12-14H2,1H3,(H,24,27)(H,25,28)/t18-/m0/s1. The molecule has 2 aromatic carbocycles. The normalized spacial score (nSPS) is 16.9. The molecule has 1 saturated heterocycles. The van der Waals surface area contributed by atoms with Crippen molar-refractivity contribution in [3.05, 3.63) is 54.3 Å². The lowest BCUT2D eigenvalue weighted by atomic mass is 10.0. The van der Waals surface area contributed by atoms with Gasteiger partial charge in [0.1, 0.15) is 11.6 Å². The molecule has 2 N–H and O–H groups in total. The Morgan fingerprint density at radius 3 is 2.56 bits per heavy atom. The Bertz CT molecular complexity index is 1060. The minimum absolute atomic E-state index is 0.134. The molecule has 0 aromatic heterocycles. The number of nitrogens with zero attached hydrogens (tertiary/aromatic N) is 1. The van der Waals surface area contributed by atoms with E-state index in [0.29, 0.717) is 25.1 Å². The maximum Gasteiger partial charge on any atom is 0.313 e. The van der Waals surface area contributed by atoms with Gasteiger partial charge in [-0.25, -0.2) is 12.8 Å². The third-order valence-electron chi connectivity index (χ3n) is 5.29. The van der Waals surface area contributed by atoms with Gasteiger partial charge in [0, 0.05) is 24.8 Å². The molecule has 2 aromatic rings. The fourth-order valence-electron chi connectivity index (χ4n) is 3.65. The van der Waals surface area contributed by atoms with Crippen molar-refractivity contribution < 1.29 is 27.1 Å². The Labute approximate surface area is 186 Å². The van der Waals surface area contributed by atoms with Crippen molar-refractivity contribution in [2.24, 2.45) is 0 Å². The second-order valence-electron chi connectivity index (χ2n) is 7.45. The first-order valence-corrected chi connectivity index (χ1v) is 11.8. The van der Waals surface area contributed by atoms with E-state index in [0.717, 1.165) is 18.9 Å². The Morgan fingerprint density at radius 1 is 1.12 bits per heavy atom. The van der Waals surface area contributed by atoms with E-state index in [2.05, 4.69) is 10.6 Å². The molecule has 2 amide bonds. The molecule has 0 saturated carbocycles. The van der Waals surface area contributed by atoms with Crippen LogP contribution < -0.4 is 15.4 Å². The van der Waals surface area contributed by atoms with E-state index in [1.165, 1.54) is 41.7 Å². The molecule has 0 radical (unpaired) electrons. The van der Waals surface area contributed by atoms with Crippen LogP contribution in [0.3, 0.4) is 0 Å². The van der Waals surface area contributed by atoms with Crippen LogP contribution in [0.1, 0.15) is 25.7 Å². The number of amides is 2. The number of carbonyl (C=O) groups is 2. The van der Waals surface area contributed by atoms with Gasteiger partial charge in [-0.05, 0) is 61.7 Å². The van der Waals surface area contributed by atoms with Gasteiger partial charge in [0.15, 0.2) is 0 Å². The Morgan fingerprint density at radius 2 is 1.88 bits per heavy atom. The number of hydrogen-bond acceptors (Lipinski definition) is 5. The van der Waals surface area contributed by atoms with E-state index in [1.54, 1.807) is 12.1 Å². The maximum absolute atomic E-state index is 13.2. The highest BCUT2D eigenvalue weighted by molar-refractivity contribution is 7.89. The van der Waals surface area contributed by atoms with Gasteiger partial charge in [-0.2, -0.15) is 4.31 Å². The predicted molar refractivity (Wildman–Crippen MR) is 117 cm³/mol. The van der Waals surface area contributed by atoms with Crippen molar-refractivity contribution >= 4 is 27.5 Å². The predicted octanol–water partition coefficient (Wildman–Crippen LogP) is 2.52. The largest absolute Gasteiger partial charge is 0.497 e. The van der Waals surface area contributed by atoms with Crippen molar-refractivity contribution in [1.82, 2.24) is 9.62 Å². The molecule has 0 spiro atoms. The van der Waals surface area contributed by atoms with Gasteiger partial charge in [0.2, 0.25) is 10.0 Å². The number of methoxy groups -OCH3 is 1. The third-order valence-corrected chi connectivity index (χ3v) is 7.26. The zero-order valence-electron chi connectivity index (χ0n) is 17.7. The van der Waals surface area contributed by atoms with Crippen LogP contribution in [-0.4, -0.2) is 50.8 Å². The number of hydrogen-bond donors (Lipinski definition) is 2. The maximum atomic E-state index is 13.2. The van der Waals surface area contributed by atoms with Gasteiger partial charge in [-0.3, -0.25) is 9.59 Å². The summed E-state index contributed by atoms with van der Waals surface area (Å²) in [7, 11) is -2.19. The molecular weight excluding hydrogens is 437 g/mol. The number of rotatable bonds is 7. The molecule has 32 heavy (non-hydrogen) atoms. The van der Waals surface area contributed by atoms with Crippen LogP contribution in [0.4, 0.5) is 10.1 Å². The van der Waals surface area contributed by atoms with Gasteiger partial charge in [-0.1, -0.05) is 12.5 Å². The van der Waals surface area contributed by atoms with Gasteiger partial charge in [-0.15, -0.1) is 0 Å². The van der Waals surface area contributed by atoms with Crippen LogP contribution in [0, 0.1) is 5.82 Å². The summed E-state index contributed by atoms with van der Waals surface area (Å²) in [6, 6.07) is 11.2.